The lowest BCUT2D eigenvalue weighted by molar-refractivity contribution is -0.136. The van der Waals surface area contributed by atoms with Gasteiger partial charge in [-0.05, 0) is 18.6 Å². The first-order chi connectivity index (χ1) is 19.3. The highest BCUT2D eigenvalue weighted by molar-refractivity contribution is 6.25. The Morgan fingerprint density at radius 3 is 2.40 bits per heavy atom. The number of nitrogens with one attached hydrogen (secondary N) is 2. The number of nitrogen functional groups attached to an aromatic ring is 1. The number of ether oxygens (including phenoxy) is 3. The first-order valence-corrected chi connectivity index (χ1v) is 12.7. The van der Waals surface area contributed by atoms with Crippen LogP contribution in [0.2, 0.25) is 0 Å². The van der Waals surface area contributed by atoms with Crippen molar-refractivity contribution in [3.63, 3.8) is 0 Å². The van der Waals surface area contributed by atoms with Gasteiger partial charge in [-0.2, -0.15) is 5.10 Å². The number of amides is 5. The fraction of sp³-hybridized carbons (Fsp3) is 0.440. The molecular weight excluding hydrogens is 526 g/mol. The summed E-state index contributed by atoms with van der Waals surface area (Å²) >= 11 is 0. The monoisotopic (exact) mass is 557 g/mol. The molecule has 2 aromatic rings. The molecule has 1 fully saturated rings. The number of carbonyl (C=O) groups is 5. The summed E-state index contributed by atoms with van der Waals surface area (Å²) in [5.41, 5.74) is 12.0. The van der Waals surface area contributed by atoms with Crippen molar-refractivity contribution in [2.24, 2.45) is 5.73 Å². The Balaban J connectivity index is 1.10. The maximum absolute atomic E-state index is 13.1. The van der Waals surface area contributed by atoms with Crippen molar-refractivity contribution < 1.29 is 38.2 Å². The molecule has 4 rings (SSSR count). The third kappa shape index (κ3) is 6.62. The average molecular weight is 558 g/mol. The van der Waals surface area contributed by atoms with Gasteiger partial charge in [0.2, 0.25) is 11.8 Å². The standard InChI is InChI=1S/C25H31N7O8/c26-16-14-31(30-21(16)22(27)34)7-9-39-11-13-40-12-10-38-8-6-28-17-3-1-2-15-20(17)25(37)32(24(15)36)18-4-5-19(33)29-23(18)35/h1-3,14,18,28H,4-13,26H2,(H2,27,34)(H,29,33,35). The highest BCUT2D eigenvalue weighted by Crippen LogP contribution is 2.32. The fourth-order valence-electron chi connectivity index (χ4n) is 4.36. The van der Waals surface area contributed by atoms with Crippen LogP contribution in [0.4, 0.5) is 11.4 Å². The number of imide groups is 2. The molecule has 1 unspecified atom stereocenters. The van der Waals surface area contributed by atoms with E-state index in [1.54, 1.807) is 12.1 Å². The molecule has 214 valence electrons. The van der Waals surface area contributed by atoms with Crippen LogP contribution in [0.5, 0.6) is 0 Å². The summed E-state index contributed by atoms with van der Waals surface area (Å²) in [6, 6.07) is 3.86. The molecule has 3 heterocycles. The Morgan fingerprint density at radius 2 is 1.73 bits per heavy atom. The van der Waals surface area contributed by atoms with E-state index in [0.717, 1.165) is 4.90 Å². The van der Waals surface area contributed by atoms with Gasteiger partial charge in [0.05, 0.1) is 63.0 Å². The maximum atomic E-state index is 13.1. The van der Waals surface area contributed by atoms with Crippen molar-refractivity contribution in [2.45, 2.75) is 25.4 Å². The smallest absolute Gasteiger partial charge is 0.271 e. The third-order valence-corrected chi connectivity index (χ3v) is 6.26. The number of hydrogen-bond acceptors (Lipinski definition) is 11. The second-order valence-corrected chi connectivity index (χ2v) is 9.00. The van der Waals surface area contributed by atoms with Gasteiger partial charge < -0.3 is 31.0 Å². The molecule has 5 amide bonds. The minimum absolute atomic E-state index is 0.0335. The van der Waals surface area contributed by atoms with Crippen molar-refractivity contribution in [2.75, 3.05) is 57.2 Å². The number of nitrogens with two attached hydrogens (primary N) is 2. The van der Waals surface area contributed by atoms with E-state index in [2.05, 4.69) is 15.7 Å². The van der Waals surface area contributed by atoms with Crippen molar-refractivity contribution in [1.29, 1.82) is 0 Å². The van der Waals surface area contributed by atoms with Crippen LogP contribution in [0, 0.1) is 0 Å². The molecule has 1 aromatic carbocycles. The van der Waals surface area contributed by atoms with E-state index in [1.807, 2.05) is 0 Å². The lowest BCUT2D eigenvalue weighted by atomic mass is 10.0. The molecule has 1 saturated heterocycles. The number of nitrogens with zero attached hydrogens (tertiary/aromatic N) is 3. The molecule has 6 N–H and O–H groups in total. The summed E-state index contributed by atoms with van der Waals surface area (Å²) < 4.78 is 18.0. The molecule has 0 bridgehead atoms. The Kier molecular flexibility index (Phi) is 9.42. The molecule has 2 aliphatic heterocycles. The number of anilines is 2. The lowest BCUT2D eigenvalue weighted by Gasteiger charge is -2.27. The predicted molar refractivity (Wildman–Crippen MR) is 139 cm³/mol. The Hall–Kier alpha value is -4.34. The van der Waals surface area contributed by atoms with Gasteiger partial charge in [-0.1, -0.05) is 6.07 Å². The zero-order chi connectivity index (χ0) is 28.6. The van der Waals surface area contributed by atoms with Gasteiger partial charge in [0, 0.05) is 24.8 Å². The number of primary amides is 1. The quantitative estimate of drug-likeness (QED) is 0.156. The van der Waals surface area contributed by atoms with E-state index in [0.29, 0.717) is 58.4 Å². The van der Waals surface area contributed by atoms with E-state index >= 15 is 0 Å². The first-order valence-electron chi connectivity index (χ1n) is 12.7. The van der Waals surface area contributed by atoms with E-state index in [9.17, 15) is 24.0 Å². The van der Waals surface area contributed by atoms with Crippen molar-refractivity contribution in [3.05, 3.63) is 41.2 Å². The van der Waals surface area contributed by atoms with Crippen molar-refractivity contribution in [3.8, 4) is 0 Å². The van der Waals surface area contributed by atoms with Gasteiger partial charge in [0.15, 0.2) is 5.69 Å². The number of rotatable bonds is 15. The molecule has 0 radical (unpaired) electrons. The lowest BCUT2D eigenvalue weighted by Crippen LogP contribution is -2.54. The number of piperidine rings is 1. The number of benzene rings is 1. The van der Waals surface area contributed by atoms with Crippen LogP contribution >= 0.6 is 0 Å². The topological polar surface area (TPSA) is 210 Å². The van der Waals surface area contributed by atoms with Gasteiger partial charge in [0.1, 0.15) is 6.04 Å². The minimum Gasteiger partial charge on any atom is -0.396 e. The van der Waals surface area contributed by atoms with Gasteiger partial charge in [0.25, 0.3) is 17.7 Å². The van der Waals surface area contributed by atoms with E-state index in [1.165, 1.54) is 16.9 Å². The van der Waals surface area contributed by atoms with Crippen LogP contribution in [0.3, 0.4) is 0 Å². The summed E-state index contributed by atoms with van der Waals surface area (Å²) in [6.07, 6.45) is 1.68. The molecule has 0 saturated carbocycles. The van der Waals surface area contributed by atoms with Crippen LogP contribution in [0.25, 0.3) is 0 Å². The highest BCUT2D eigenvalue weighted by Gasteiger charge is 2.45. The van der Waals surface area contributed by atoms with Crippen molar-refractivity contribution >= 4 is 40.9 Å². The fourth-order valence-corrected chi connectivity index (χ4v) is 4.36. The third-order valence-electron chi connectivity index (χ3n) is 6.26. The largest absolute Gasteiger partial charge is 0.396 e. The summed E-state index contributed by atoms with van der Waals surface area (Å²) in [5, 5.41) is 9.28. The molecule has 1 aromatic heterocycles. The normalized spacial score (nSPS) is 16.8. The van der Waals surface area contributed by atoms with Crippen LogP contribution in [-0.4, -0.2) is 96.4 Å². The number of carbonyl (C=O) groups excluding carboxylic acids is 5. The predicted octanol–water partition coefficient (Wildman–Crippen LogP) is -0.873. The summed E-state index contributed by atoms with van der Waals surface area (Å²) in [4.78, 5) is 61.8. The average Bonchev–Trinajstić information content (AvgIpc) is 3.42. The zero-order valence-corrected chi connectivity index (χ0v) is 21.7. The van der Waals surface area contributed by atoms with Gasteiger partial charge in [-0.3, -0.25) is 38.9 Å². The molecular formula is C25H31N7O8. The van der Waals surface area contributed by atoms with Crippen molar-refractivity contribution in [1.82, 2.24) is 20.0 Å². The number of hydrogen-bond donors (Lipinski definition) is 4. The second kappa shape index (κ2) is 13.1. The Morgan fingerprint density at radius 1 is 1.02 bits per heavy atom. The van der Waals surface area contributed by atoms with Gasteiger partial charge in [-0.15, -0.1) is 0 Å². The second-order valence-electron chi connectivity index (χ2n) is 9.00. The number of fused-ring (bicyclic) bond motifs is 1. The summed E-state index contributed by atoms with van der Waals surface area (Å²) in [7, 11) is 0. The Bertz CT molecular complexity index is 1290. The molecule has 1 atom stereocenters. The molecule has 2 aliphatic rings. The van der Waals surface area contributed by atoms with Crippen LogP contribution < -0.4 is 22.1 Å². The molecule has 0 spiro atoms. The summed E-state index contributed by atoms with van der Waals surface area (Å²) in [6.45, 7) is 2.89. The Labute approximate surface area is 229 Å². The van der Waals surface area contributed by atoms with Crippen LogP contribution in [-0.2, 0) is 30.3 Å². The number of aromatic nitrogens is 2. The van der Waals surface area contributed by atoms with Crippen LogP contribution in [0.15, 0.2) is 24.4 Å². The minimum atomic E-state index is -1.01. The van der Waals surface area contributed by atoms with E-state index < -0.39 is 35.6 Å². The van der Waals surface area contributed by atoms with E-state index in [4.69, 9.17) is 25.7 Å². The highest BCUT2D eigenvalue weighted by atomic mass is 16.5. The van der Waals surface area contributed by atoms with Gasteiger partial charge >= 0.3 is 0 Å². The molecule has 15 heteroatoms. The SMILES string of the molecule is NC(=O)c1nn(CCOCCOCCOCCNc2cccc3c2C(=O)N(C2CCC(=O)NC2=O)C3=O)cc1N. The van der Waals surface area contributed by atoms with E-state index in [-0.39, 0.29) is 35.3 Å². The maximum Gasteiger partial charge on any atom is 0.271 e. The molecule has 0 aliphatic carbocycles. The summed E-state index contributed by atoms with van der Waals surface area (Å²) in [5.74, 6) is -2.88. The molecule has 15 nitrogen and oxygen atoms in total. The zero-order valence-electron chi connectivity index (χ0n) is 21.7. The first kappa shape index (κ1) is 28.7. The van der Waals surface area contributed by atoms with Crippen LogP contribution in [0.1, 0.15) is 44.0 Å². The molecule has 40 heavy (non-hydrogen) atoms. The van der Waals surface area contributed by atoms with Gasteiger partial charge in [-0.25, -0.2) is 0 Å².